The van der Waals surface area contributed by atoms with E-state index in [0.29, 0.717) is 5.92 Å². The normalized spacial score (nSPS) is 12.5. The van der Waals surface area contributed by atoms with E-state index < -0.39 is 0 Å². The Hall–Kier alpha value is -0.790. The number of aromatic nitrogens is 2. The van der Waals surface area contributed by atoms with Crippen molar-refractivity contribution >= 4 is 0 Å². The van der Waals surface area contributed by atoms with E-state index in [0.717, 1.165) is 6.42 Å². The second-order valence-electron chi connectivity index (χ2n) is 5.02. The van der Waals surface area contributed by atoms with Crippen molar-refractivity contribution in [1.29, 1.82) is 0 Å². The van der Waals surface area contributed by atoms with Crippen molar-refractivity contribution in [1.82, 2.24) is 9.78 Å². The minimum atomic E-state index is 0.106. The number of nitrogens with zero attached hydrogens (tertiary/aromatic N) is 2. The summed E-state index contributed by atoms with van der Waals surface area (Å²) >= 11 is 0. The molecule has 0 fully saturated rings. The van der Waals surface area contributed by atoms with Gasteiger partial charge in [0.2, 0.25) is 0 Å². The molecule has 13 heavy (non-hydrogen) atoms. The molecule has 0 saturated carbocycles. The van der Waals surface area contributed by atoms with Gasteiger partial charge in [-0.05, 0) is 39.2 Å². The van der Waals surface area contributed by atoms with Crippen LogP contribution in [0.1, 0.15) is 40.3 Å². The molecule has 2 nitrogen and oxygen atoms in total. The Morgan fingerprint density at radius 1 is 1.38 bits per heavy atom. The molecule has 0 radical (unpaired) electrons. The molecule has 0 amide bonds. The van der Waals surface area contributed by atoms with Crippen LogP contribution in [-0.4, -0.2) is 9.78 Å². The van der Waals surface area contributed by atoms with Crippen molar-refractivity contribution in [3.8, 4) is 0 Å². The smallest absolute Gasteiger partial charge is 0.0627 e. The molecule has 0 atom stereocenters. The minimum absolute atomic E-state index is 0.106. The quantitative estimate of drug-likeness (QED) is 0.684. The highest BCUT2D eigenvalue weighted by Gasteiger charge is 2.13. The predicted molar refractivity (Wildman–Crippen MR) is 55.8 cm³/mol. The molecule has 0 saturated heterocycles. The van der Waals surface area contributed by atoms with E-state index in [2.05, 4.69) is 52.0 Å². The molecule has 0 unspecified atom stereocenters. The Morgan fingerprint density at radius 2 is 2.00 bits per heavy atom. The van der Waals surface area contributed by atoms with Crippen molar-refractivity contribution < 1.29 is 0 Å². The zero-order chi connectivity index (χ0) is 10.1. The van der Waals surface area contributed by atoms with Gasteiger partial charge in [-0.1, -0.05) is 13.8 Å². The first-order valence-corrected chi connectivity index (χ1v) is 4.94. The van der Waals surface area contributed by atoms with Crippen molar-refractivity contribution in [3.63, 3.8) is 0 Å². The summed E-state index contributed by atoms with van der Waals surface area (Å²) in [5.41, 5.74) is 1.31. The third kappa shape index (κ3) is 2.87. The van der Waals surface area contributed by atoms with Gasteiger partial charge in [0.1, 0.15) is 0 Å². The second-order valence-corrected chi connectivity index (χ2v) is 5.02. The van der Waals surface area contributed by atoms with Gasteiger partial charge >= 0.3 is 0 Å². The van der Waals surface area contributed by atoms with E-state index in [-0.39, 0.29) is 5.54 Å². The van der Waals surface area contributed by atoms with Crippen LogP contribution in [0.15, 0.2) is 12.3 Å². The Kier molecular flexibility index (Phi) is 2.79. The van der Waals surface area contributed by atoms with Crippen LogP contribution in [0, 0.1) is 5.92 Å². The van der Waals surface area contributed by atoms with Gasteiger partial charge in [-0.25, -0.2) is 0 Å². The Morgan fingerprint density at radius 3 is 2.38 bits per heavy atom. The van der Waals surface area contributed by atoms with Crippen molar-refractivity contribution in [2.45, 2.75) is 46.6 Å². The maximum absolute atomic E-state index is 4.54. The fourth-order valence-corrected chi connectivity index (χ4v) is 1.26. The molecule has 1 rings (SSSR count). The second kappa shape index (κ2) is 3.52. The van der Waals surface area contributed by atoms with Crippen LogP contribution in [-0.2, 0) is 12.0 Å². The molecule has 0 aliphatic rings. The van der Waals surface area contributed by atoms with Crippen LogP contribution in [0.5, 0.6) is 0 Å². The molecular formula is C11H20N2. The highest BCUT2D eigenvalue weighted by atomic mass is 15.3. The predicted octanol–water partition coefficient (Wildman–Crippen LogP) is 2.84. The molecule has 1 heterocycles. The van der Waals surface area contributed by atoms with Crippen LogP contribution >= 0.6 is 0 Å². The van der Waals surface area contributed by atoms with Crippen LogP contribution in [0.4, 0.5) is 0 Å². The standard InChI is InChI=1S/C11H20N2/c1-9(2)8-10-6-7-13(12-10)11(3,4)5/h6-7,9H,8H2,1-5H3. The summed E-state index contributed by atoms with van der Waals surface area (Å²) in [5.74, 6) is 0.684. The van der Waals surface area contributed by atoms with Crippen LogP contribution in [0.2, 0.25) is 0 Å². The van der Waals surface area contributed by atoms with E-state index in [1.165, 1.54) is 5.69 Å². The third-order valence-corrected chi connectivity index (χ3v) is 1.95. The maximum atomic E-state index is 4.54. The fourth-order valence-electron chi connectivity index (χ4n) is 1.26. The van der Waals surface area contributed by atoms with Gasteiger partial charge in [0.05, 0.1) is 11.2 Å². The fraction of sp³-hybridized carbons (Fsp3) is 0.727. The summed E-state index contributed by atoms with van der Waals surface area (Å²) in [5, 5.41) is 4.54. The van der Waals surface area contributed by atoms with Crippen LogP contribution < -0.4 is 0 Å². The lowest BCUT2D eigenvalue weighted by Crippen LogP contribution is -2.22. The molecule has 0 aliphatic carbocycles. The maximum Gasteiger partial charge on any atom is 0.0627 e. The van der Waals surface area contributed by atoms with Gasteiger partial charge in [-0.3, -0.25) is 4.68 Å². The van der Waals surface area contributed by atoms with Crippen LogP contribution in [0.25, 0.3) is 0 Å². The first-order valence-electron chi connectivity index (χ1n) is 4.94. The van der Waals surface area contributed by atoms with E-state index >= 15 is 0 Å². The Labute approximate surface area is 81.0 Å². The molecule has 0 bridgehead atoms. The lowest BCUT2D eigenvalue weighted by atomic mass is 10.1. The topological polar surface area (TPSA) is 17.8 Å². The average Bonchev–Trinajstić information content (AvgIpc) is 2.32. The molecular weight excluding hydrogens is 160 g/mol. The summed E-state index contributed by atoms with van der Waals surface area (Å²) in [6.45, 7) is 10.9. The number of hydrogen-bond acceptors (Lipinski definition) is 1. The van der Waals surface area contributed by atoms with Gasteiger partial charge in [0.25, 0.3) is 0 Å². The molecule has 0 N–H and O–H groups in total. The minimum Gasteiger partial charge on any atom is -0.267 e. The van der Waals surface area contributed by atoms with Gasteiger partial charge in [-0.15, -0.1) is 0 Å². The van der Waals surface area contributed by atoms with Gasteiger partial charge in [-0.2, -0.15) is 5.10 Å². The molecule has 1 aromatic heterocycles. The first-order chi connectivity index (χ1) is 5.89. The molecule has 0 spiro atoms. The largest absolute Gasteiger partial charge is 0.267 e. The molecule has 0 aliphatic heterocycles. The number of rotatable bonds is 2. The van der Waals surface area contributed by atoms with Crippen LogP contribution in [0.3, 0.4) is 0 Å². The molecule has 1 aromatic rings. The summed E-state index contributed by atoms with van der Waals surface area (Å²) in [6.07, 6.45) is 3.14. The van der Waals surface area contributed by atoms with E-state index in [1.54, 1.807) is 0 Å². The first kappa shape index (κ1) is 10.3. The highest BCUT2D eigenvalue weighted by molar-refractivity contribution is 5.01. The summed E-state index contributed by atoms with van der Waals surface area (Å²) < 4.78 is 2.03. The summed E-state index contributed by atoms with van der Waals surface area (Å²) in [4.78, 5) is 0. The van der Waals surface area contributed by atoms with Gasteiger partial charge < -0.3 is 0 Å². The average molecular weight is 180 g/mol. The van der Waals surface area contributed by atoms with Crippen molar-refractivity contribution in [3.05, 3.63) is 18.0 Å². The zero-order valence-electron chi connectivity index (χ0n) is 9.33. The van der Waals surface area contributed by atoms with E-state index in [4.69, 9.17) is 0 Å². The Bertz CT molecular complexity index is 266. The molecule has 2 heteroatoms. The molecule has 0 aromatic carbocycles. The number of hydrogen-bond donors (Lipinski definition) is 0. The van der Waals surface area contributed by atoms with Gasteiger partial charge in [0, 0.05) is 6.20 Å². The van der Waals surface area contributed by atoms with Crippen molar-refractivity contribution in [2.24, 2.45) is 5.92 Å². The summed E-state index contributed by atoms with van der Waals surface area (Å²) in [6, 6.07) is 2.12. The highest BCUT2D eigenvalue weighted by Crippen LogP contribution is 2.14. The lowest BCUT2D eigenvalue weighted by Gasteiger charge is -2.18. The third-order valence-electron chi connectivity index (χ3n) is 1.95. The van der Waals surface area contributed by atoms with E-state index in [1.807, 2.05) is 4.68 Å². The van der Waals surface area contributed by atoms with Crippen molar-refractivity contribution in [2.75, 3.05) is 0 Å². The van der Waals surface area contributed by atoms with E-state index in [9.17, 15) is 0 Å². The summed E-state index contributed by atoms with van der Waals surface area (Å²) in [7, 11) is 0. The zero-order valence-corrected chi connectivity index (χ0v) is 9.33. The van der Waals surface area contributed by atoms with Gasteiger partial charge in [0.15, 0.2) is 0 Å². The lowest BCUT2D eigenvalue weighted by molar-refractivity contribution is 0.352. The SMILES string of the molecule is CC(C)Cc1ccn(C(C)(C)C)n1. The monoisotopic (exact) mass is 180 g/mol. The molecule has 74 valence electrons. The Balaban J connectivity index is 2.75.